The van der Waals surface area contributed by atoms with Crippen molar-refractivity contribution in [3.8, 4) is 0 Å². The third kappa shape index (κ3) is 4.52. The van der Waals surface area contributed by atoms with Crippen LogP contribution in [-0.2, 0) is 0 Å². The first-order valence-electron chi connectivity index (χ1n) is 6.33. The minimum atomic E-state index is 0. The average Bonchev–Trinajstić information content (AvgIpc) is 2.18. The third-order valence-corrected chi connectivity index (χ3v) is 3.70. The molecule has 2 saturated carbocycles. The SMILES string of the molecule is CC1CC2(CCCCC2)C1.CCCO.O. The average molecular weight is 216 g/mol. The van der Waals surface area contributed by atoms with Crippen LogP contribution >= 0.6 is 0 Å². The summed E-state index contributed by atoms with van der Waals surface area (Å²) in [5.74, 6) is 1.05. The molecule has 0 atom stereocenters. The summed E-state index contributed by atoms with van der Waals surface area (Å²) in [5, 5.41) is 7.88. The summed E-state index contributed by atoms with van der Waals surface area (Å²) in [6.07, 6.45) is 11.6. The maximum absolute atomic E-state index is 7.88. The molecule has 0 aliphatic heterocycles. The molecule has 2 nitrogen and oxygen atoms in total. The van der Waals surface area contributed by atoms with Crippen LogP contribution in [0.5, 0.6) is 0 Å². The van der Waals surface area contributed by atoms with E-state index in [-0.39, 0.29) is 5.48 Å². The summed E-state index contributed by atoms with van der Waals surface area (Å²) in [4.78, 5) is 0. The van der Waals surface area contributed by atoms with Crippen LogP contribution in [0.25, 0.3) is 0 Å². The van der Waals surface area contributed by atoms with Gasteiger partial charge < -0.3 is 10.6 Å². The van der Waals surface area contributed by atoms with E-state index in [9.17, 15) is 0 Å². The molecule has 0 saturated heterocycles. The molecule has 0 aromatic rings. The van der Waals surface area contributed by atoms with E-state index < -0.39 is 0 Å². The van der Waals surface area contributed by atoms with Crippen molar-refractivity contribution < 1.29 is 10.6 Å². The van der Waals surface area contributed by atoms with Gasteiger partial charge in [-0.1, -0.05) is 33.1 Å². The minimum Gasteiger partial charge on any atom is -0.412 e. The normalized spacial score (nSPS) is 23.4. The first kappa shape index (κ1) is 14.9. The first-order chi connectivity index (χ1) is 6.72. The van der Waals surface area contributed by atoms with Crippen LogP contribution in [0.4, 0.5) is 0 Å². The van der Waals surface area contributed by atoms with Gasteiger partial charge in [0.05, 0.1) is 0 Å². The minimum absolute atomic E-state index is 0. The Morgan fingerprint density at radius 2 is 1.60 bits per heavy atom. The van der Waals surface area contributed by atoms with Crippen LogP contribution in [-0.4, -0.2) is 17.2 Å². The Kier molecular flexibility index (Phi) is 7.20. The number of hydrogen-bond acceptors (Lipinski definition) is 1. The van der Waals surface area contributed by atoms with Gasteiger partial charge in [-0.2, -0.15) is 0 Å². The zero-order valence-electron chi connectivity index (χ0n) is 10.4. The number of aliphatic hydroxyl groups excluding tert-OH is 1. The van der Waals surface area contributed by atoms with Crippen LogP contribution < -0.4 is 0 Å². The van der Waals surface area contributed by atoms with Crippen molar-refractivity contribution in [1.29, 1.82) is 0 Å². The van der Waals surface area contributed by atoms with Crippen molar-refractivity contribution in [2.75, 3.05) is 6.61 Å². The molecule has 0 amide bonds. The van der Waals surface area contributed by atoms with Crippen LogP contribution in [0.3, 0.4) is 0 Å². The molecular weight excluding hydrogens is 188 g/mol. The molecule has 0 heterocycles. The van der Waals surface area contributed by atoms with Gasteiger partial charge in [0.25, 0.3) is 0 Å². The summed E-state index contributed by atoms with van der Waals surface area (Å²) in [5.41, 5.74) is 0.873. The zero-order chi connectivity index (χ0) is 10.4. The van der Waals surface area contributed by atoms with Gasteiger partial charge in [-0.05, 0) is 43.4 Å². The second kappa shape index (κ2) is 7.24. The molecule has 3 N–H and O–H groups in total. The lowest BCUT2D eigenvalue weighted by Gasteiger charge is -2.49. The van der Waals surface area contributed by atoms with Crippen LogP contribution in [0.2, 0.25) is 0 Å². The topological polar surface area (TPSA) is 51.7 Å². The quantitative estimate of drug-likeness (QED) is 0.720. The van der Waals surface area contributed by atoms with Crippen LogP contribution in [0, 0.1) is 11.3 Å². The van der Waals surface area contributed by atoms with Crippen LogP contribution in [0.1, 0.15) is 65.2 Å². The fourth-order valence-corrected chi connectivity index (χ4v) is 3.13. The highest BCUT2D eigenvalue weighted by Gasteiger charge is 2.41. The Morgan fingerprint density at radius 1 is 1.13 bits per heavy atom. The van der Waals surface area contributed by atoms with Gasteiger partial charge >= 0.3 is 0 Å². The van der Waals surface area contributed by atoms with Crippen molar-refractivity contribution in [3.63, 3.8) is 0 Å². The monoisotopic (exact) mass is 216 g/mol. The number of hydrogen-bond donors (Lipinski definition) is 1. The molecule has 2 aliphatic carbocycles. The number of rotatable bonds is 1. The Hall–Kier alpha value is -0.0800. The molecule has 0 aromatic carbocycles. The van der Waals surface area contributed by atoms with Gasteiger partial charge in [-0.15, -0.1) is 0 Å². The van der Waals surface area contributed by atoms with Crippen molar-refractivity contribution in [2.45, 2.75) is 65.2 Å². The van der Waals surface area contributed by atoms with E-state index in [4.69, 9.17) is 5.11 Å². The lowest BCUT2D eigenvalue weighted by atomic mass is 9.56. The van der Waals surface area contributed by atoms with E-state index in [0.29, 0.717) is 6.61 Å². The van der Waals surface area contributed by atoms with Gasteiger partial charge in [0.2, 0.25) is 0 Å². The zero-order valence-corrected chi connectivity index (χ0v) is 10.4. The summed E-state index contributed by atoms with van der Waals surface area (Å²) in [7, 11) is 0. The predicted molar refractivity (Wildman–Crippen MR) is 64.9 cm³/mol. The van der Waals surface area contributed by atoms with Gasteiger partial charge in [0.1, 0.15) is 0 Å². The molecule has 2 heteroatoms. The fraction of sp³-hybridized carbons (Fsp3) is 1.00. The van der Waals surface area contributed by atoms with Gasteiger partial charge in [-0.25, -0.2) is 0 Å². The molecule has 2 aliphatic rings. The highest BCUT2D eigenvalue weighted by atomic mass is 16.2. The van der Waals surface area contributed by atoms with Crippen molar-refractivity contribution in [2.24, 2.45) is 11.3 Å². The Morgan fingerprint density at radius 3 is 1.93 bits per heavy atom. The van der Waals surface area contributed by atoms with Gasteiger partial charge in [0.15, 0.2) is 0 Å². The Labute approximate surface area is 94.4 Å². The first-order valence-corrected chi connectivity index (χ1v) is 6.33. The van der Waals surface area contributed by atoms with Crippen molar-refractivity contribution in [1.82, 2.24) is 0 Å². The van der Waals surface area contributed by atoms with E-state index in [1.165, 1.54) is 19.3 Å². The molecule has 0 aromatic heterocycles. The molecule has 0 radical (unpaired) electrons. The van der Waals surface area contributed by atoms with Gasteiger partial charge in [0, 0.05) is 6.61 Å². The second-order valence-electron chi connectivity index (χ2n) is 5.30. The second-order valence-corrected chi connectivity index (χ2v) is 5.30. The van der Waals surface area contributed by atoms with E-state index in [1.807, 2.05) is 6.92 Å². The molecule has 0 unspecified atom stereocenters. The Balaban J connectivity index is 0.000000346. The highest BCUT2D eigenvalue weighted by molar-refractivity contribution is 4.93. The van der Waals surface area contributed by atoms with Gasteiger partial charge in [-0.3, -0.25) is 0 Å². The molecule has 15 heavy (non-hydrogen) atoms. The van der Waals surface area contributed by atoms with Crippen molar-refractivity contribution >= 4 is 0 Å². The van der Waals surface area contributed by atoms with E-state index in [2.05, 4.69) is 6.92 Å². The van der Waals surface area contributed by atoms with E-state index in [1.54, 1.807) is 25.7 Å². The summed E-state index contributed by atoms with van der Waals surface area (Å²) >= 11 is 0. The standard InChI is InChI=1S/C10H18.C3H8O.H2O/c1-9-7-10(8-9)5-3-2-4-6-10;1-2-3-4;/h9H,2-8H2,1H3;4H,2-3H2,1H3;1H2. The number of aliphatic hydroxyl groups is 1. The Bertz CT molecular complexity index is 133. The maximum Gasteiger partial charge on any atom is 0.0428 e. The third-order valence-electron chi connectivity index (χ3n) is 3.70. The molecular formula is C13H28O2. The largest absolute Gasteiger partial charge is 0.412 e. The summed E-state index contributed by atoms with van der Waals surface area (Å²) in [6, 6.07) is 0. The fourth-order valence-electron chi connectivity index (χ4n) is 3.13. The summed E-state index contributed by atoms with van der Waals surface area (Å²) < 4.78 is 0. The highest BCUT2D eigenvalue weighted by Crippen LogP contribution is 2.54. The molecule has 2 fully saturated rings. The van der Waals surface area contributed by atoms with Crippen molar-refractivity contribution in [3.05, 3.63) is 0 Å². The smallest absolute Gasteiger partial charge is 0.0428 e. The predicted octanol–water partition coefficient (Wildman–Crippen LogP) is 2.93. The molecule has 92 valence electrons. The molecule has 1 spiro atoms. The van der Waals surface area contributed by atoms with E-state index >= 15 is 0 Å². The van der Waals surface area contributed by atoms with E-state index in [0.717, 1.165) is 17.8 Å². The molecule has 2 rings (SSSR count). The molecule has 0 bridgehead atoms. The summed E-state index contributed by atoms with van der Waals surface area (Å²) in [6.45, 7) is 4.65. The van der Waals surface area contributed by atoms with Crippen LogP contribution in [0.15, 0.2) is 0 Å². The lowest BCUT2D eigenvalue weighted by Crippen LogP contribution is -2.37. The maximum atomic E-state index is 7.88. The lowest BCUT2D eigenvalue weighted by molar-refractivity contribution is 0.0244.